The molecule has 0 saturated carbocycles. The molecule has 134 heavy (non-hydrogen) atoms. The van der Waals surface area contributed by atoms with Crippen molar-refractivity contribution in [2.24, 2.45) is 0 Å². The summed E-state index contributed by atoms with van der Waals surface area (Å²) in [6.45, 7) is 0. The number of thiophene rings is 3. The van der Waals surface area contributed by atoms with E-state index in [-0.39, 0.29) is 0 Å². The van der Waals surface area contributed by atoms with E-state index in [9.17, 15) is 0 Å². The zero-order valence-corrected chi connectivity index (χ0v) is 75.1. The minimum absolute atomic E-state index is 1.18. The molecule has 29 rings (SSSR count). The van der Waals surface area contributed by atoms with Gasteiger partial charge in [-0.15, -0.1) is 34.0 Å². The van der Waals surface area contributed by atoms with Gasteiger partial charge in [0.1, 0.15) is 0 Å². The Morgan fingerprint density at radius 1 is 0.142 bits per heavy atom. The number of benzene rings is 23. The second-order valence-corrected chi connectivity index (χ2v) is 38.1. The Morgan fingerprint density at radius 3 is 0.828 bits per heavy atom. The molecule has 0 atom stereocenters. The van der Waals surface area contributed by atoms with E-state index in [2.05, 4.69) is 493 Å². The predicted molar refractivity (Wildman–Crippen MR) is 581 cm³/mol. The summed E-state index contributed by atoms with van der Waals surface area (Å²) in [5.74, 6) is 0. The molecule has 0 N–H and O–H groups in total. The van der Waals surface area contributed by atoms with Crippen molar-refractivity contribution in [2.45, 2.75) is 0 Å². The highest BCUT2D eigenvalue weighted by atomic mass is 32.1. The molecule has 0 bridgehead atoms. The first-order chi connectivity index (χ1) is 66.5. The largest absolute Gasteiger partial charge is 0.309 e. The Balaban J connectivity index is 0.000000102. The van der Waals surface area contributed by atoms with Crippen molar-refractivity contribution in [3.05, 3.63) is 479 Å². The standard InChI is InChI=1S/2C44H27NS.C40H25NS/c1-3-13-28(14-4-1)31-25-26-39-37(27-31)40-34-20-9-10-21-35(34)44-41(36-23-12-22-33(43(36)46-44)30-15-5-2-6-16-30)42(40)45(39)38-24-11-18-29-17-7-8-19-32(29)38;1-3-12-28(13-4-1)32-23-25-39-38(27-32)40-35-18-9-10-19-36(35)44-41(37-21-11-20-34(43(37)46-44)30-15-5-2-6-16-30)42(40)45(39)33-24-22-29-14-7-8-17-31(29)26-33;1-4-13-26(14-5-1)28-23-24-35-34(25-28)36-31-19-10-11-20-32(31)40-37(38(36)41(35)29-17-8-3-9-18-29)33-22-12-21-30(39(33)42-40)27-15-6-2-7-16-27/h2*1-27H;1-25H. The van der Waals surface area contributed by atoms with E-state index >= 15 is 0 Å². The van der Waals surface area contributed by atoms with Crippen LogP contribution in [0.2, 0.25) is 0 Å². The molecule has 0 fully saturated rings. The van der Waals surface area contributed by atoms with Gasteiger partial charge in [0.2, 0.25) is 0 Å². The van der Waals surface area contributed by atoms with Crippen LogP contribution in [0.4, 0.5) is 0 Å². The average molecular weight is 1760 g/mol. The first-order valence-electron chi connectivity index (χ1n) is 45.9. The number of aromatic nitrogens is 3. The lowest BCUT2D eigenvalue weighted by atomic mass is 9.97. The van der Waals surface area contributed by atoms with Crippen molar-refractivity contribution in [2.75, 3.05) is 0 Å². The van der Waals surface area contributed by atoms with E-state index in [4.69, 9.17) is 0 Å². The highest BCUT2D eigenvalue weighted by Gasteiger charge is 2.29. The normalized spacial score (nSPS) is 11.9. The smallest absolute Gasteiger partial charge is 0.0640 e. The van der Waals surface area contributed by atoms with Crippen LogP contribution in [0, 0.1) is 0 Å². The third kappa shape index (κ3) is 12.3. The van der Waals surface area contributed by atoms with Gasteiger partial charge >= 0.3 is 0 Å². The van der Waals surface area contributed by atoms with Crippen LogP contribution in [0.5, 0.6) is 0 Å². The van der Waals surface area contributed by atoms with Gasteiger partial charge in [0, 0.05) is 126 Å². The third-order valence-electron chi connectivity index (χ3n) is 27.7. The number of hydrogen-bond acceptors (Lipinski definition) is 3. The zero-order chi connectivity index (χ0) is 88.0. The zero-order valence-electron chi connectivity index (χ0n) is 72.7. The monoisotopic (exact) mass is 1750 g/mol. The first kappa shape index (κ1) is 77.4. The second kappa shape index (κ2) is 31.6. The molecule has 3 nitrogen and oxygen atoms in total. The molecule has 624 valence electrons. The van der Waals surface area contributed by atoms with Crippen molar-refractivity contribution < 1.29 is 0 Å². The molecule has 0 spiro atoms. The van der Waals surface area contributed by atoms with Gasteiger partial charge in [0.05, 0.1) is 38.8 Å². The molecule has 29 aromatic rings. The van der Waals surface area contributed by atoms with E-state index in [1.54, 1.807) is 0 Å². The lowest BCUT2D eigenvalue weighted by molar-refractivity contribution is 1.19. The maximum Gasteiger partial charge on any atom is 0.0640 e. The van der Waals surface area contributed by atoms with E-state index in [1.165, 1.54) is 264 Å². The van der Waals surface area contributed by atoms with Gasteiger partial charge in [-0.2, -0.15) is 0 Å². The summed E-state index contributed by atoms with van der Waals surface area (Å²) in [6, 6.07) is 175. The fraction of sp³-hybridized carbons (Fsp3) is 0. The average Bonchev–Trinajstić information content (AvgIpc) is 1.54. The van der Waals surface area contributed by atoms with Gasteiger partial charge in [0.15, 0.2) is 0 Å². The van der Waals surface area contributed by atoms with Crippen LogP contribution in [0.3, 0.4) is 0 Å². The molecule has 0 unspecified atom stereocenters. The topological polar surface area (TPSA) is 14.8 Å². The Hall–Kier alpha value is -16.6. The summed E-state index contributed by atoms with van der Waals surface area (Å²) in [5.41, 5.74) is 26.1. The quantitative estimate of drug-likeness (QED) is 0.137. The van der Waals surface area contributed by atoms with Crippen molar-refractivity contribution in [3.8, 4) is 83.8 Å². The Kier molecular flexibility index (Phi) is 18.3. The fourth-order valence-corrected chi connectivity index (χ4v) is 25.9. The van der Waals surface area contributed by atoms with Crippen molar-refractivity contribution in [3.63, 3.8) is 0 Å². The highest BCUT2D eigenvalue weighted by molar-refractivity contribution is 7.28. The summed E-state index contributed by atoms with van der Waals surface area (Å²) >= 11 is 5.79. The summed E-state index contributed by atoms with van der Waals surface area (Å²) in [7, 11) is 0. The fourth-order valence-electron chi connectivity index (χ4n) is 21.8. The van der Waals surface area contributed by atoms with Crippen LogP contribution < -0.4 is 0 Å². The van der Waals surface area contributed by atoms with E-state index in [0.29, 0.717) is 0 Å². The van der Waals surface area contributed by atoms with Crippen molar-refractivity contribution in [1.29, 1.82) is 0 Å². The van der Waals surface area contributed by atoms with Gasteiger partial charge < -0.3 is 13.7 Å². The molecule has 0 radical (unpaired) electrons. The third-order valence-corrected chi connectivity index (χ3v) is 31.5. The Labute approximate surface area is 784 Å². The van der Waals surface area contributed by atoms with Crippen LogP contribution in [0.15, 0.2) is 479 Å². The molecular formula is C128H79N3S3. The minimum atomic E-state index is 1.18. The maximum atomic E-state index is 2.55. The molecule has 0 aliphatic carbocycles. The molecule has 6 aromatic heterocycles. The van der Waals surface area contributed by atoms with Gasteiger partial charge in [0.25, 0.3) is 0 Å². The van der Waals surface area contributed by atoms with Crippen molar-refractivity contribution in [1.82, 2.24) is 13.7 Å². The minimum Gasteiger partial charge on any atom is -0.309 e. The highest BCUT2D eigenvalue weighted by Crippen LogP contribution is 2.56. The second-order valence-electron chi connectivity index (χ2n) is 35.0. The maximum absolute atomic E-state index is 2.55. The summed E-state index contributed by atoms with van der Waals surface area (Å²) in [5, 5.41) is 28.6. The number of hydrogen-bond donors (Lipinski definition) is 0. The predicted octanol–water partition coefficient (Wildman–Crippen LogP) is 37.2. The number of fused-ring (bicyclic) bond motifs is 32. The first-order valence-corrected chi connectivity index (χ1v) is 48.4. The van der Waals surface area contributed by atoms with E-state index < -0.39 is 0 Å². The summed E-state index contributed by atoms with van der Waals surface area (Å²) < 4.78 is 15.6. The SMILES string of the molecule is c1ccc(-c2ccc3c(c2)c2c4ccccc4c4sc5c(-c6ccccc6)cccc5c4c2n3-c2ccc3ccccc3c2)cc1.c1ccc(-c2ccc3c(c2)c2c4ccccc4c4sc5c(-c6ccccc6)cccc5c4c2n3-c2cccc3ccccc23)cc1.c1ccc(-c2ccc3c(c2)c2c4ccccc4c4sc5c(-c6ccccc6)cccc5c4c2n3-c2ccccc2)cc1. The van der Waals surface area contributed by atoms with Crippen LogP contribution in [0.1, 0.15) is 0 Å². The van der Waals surface area contributed by atoms with Gasteiger partial charge in [-0.25, -0.2) is 0 Å². The van der Waals surface area contributed by atoms with Gasteiger partial charge in [-0.3, -0.25) is 0 Å². The van der Waals surface area contributed by atoms with Crippen LogP contribution in [0.25, 0.3) is 264 Å². The van der Waals surface area contributed by atoms with Crippen LogP contribution in [-0.2, 0) is 0 Å². The molecule has 6 heterocycles. The van der Waals surface area contributed by atoms with Crippen molar-refractivity contribution >= 4 is 214 Å². The molecule has 23 aromatic carbocycles. The molecule has 6 heteroatoms. The molecule has 0 amide bonds. The van der Waals surface area contributed by atoms with Gasteiger partial charge in [-0.1, -0.05) is 413 Å². The summed E-state index contributed by atoms with van der Waals surface area (Å²) in [4.78, 5) is 0. The van der Waals surface area contributed by atoms with Crippen LogP contribution in [-0.4, -0.2) is 13.7 Å². The Morgan fingerprint density at radius 2 is 0.433 bits per heavy atom. The number of rotatable bonds is 9. The Bertz CT molecular complexity index is 9780. The molecule has 0 aliphatic heterocycles. The molecule has 0 aliphatic rings. The molecule has 0 saturated heterocycles. The lowest BCUT2D eigenvalue weighted by Gasteiger charge is -2.13. The molecular weight excluding hydrogens is 1680 g/mol. The number of nitrogens with zero attached hydrogens (tertiary/aromatic N) is 3. The van der Waals surface area contributed by atoms with E-state index in [0.717, 1.165) is 0 Å². The number of para-hydroxylation sites is 1. The van der Waals surface area contributed by atoms with E-state index in [1.807, 2.05) is 34.0 Å². The van der Waals surface area contributed by atoms with Crippen LogP contribution >= 0.6 is 34.0 Å². The lowest BCUT2D eigenvalue weighted by Crippen LogP contribution is -1.96. The van der Waals surface area contributed by atoms with Gasteiger partial charge in [-0.05, 0) is 166 Å². The summed E-state index contributed by atoms with van der Waals surface area (Å²) in [6.07, 6.45) is 0.